The van der Waals surface area contributed by atoms with Crippen molar-refractivity contribution in [3.05, 3.63) is 252 Å². The van der Waals surface area contributed by atoms with Crippen molar-refractivity contribution in [1.82, 2.24) is 0 Å². The summed E-state index contributed by atoms with van der Waals surface area (Å²) in [7, 11) is 0. The summed E-state index contributed by atoms with van der Waals surface area (Å²) in [6.07, 6.45) is 1.07. The molecule has 0 nitrogen and oxygen atoms in total. The van der Waals surface area contributed by atoms with E-state index in [1.807, 2.05) is 0 Å². The molecule has 0 bridgehead atoms. The Hall–Kier alpha value is -8.32. The number of rotatable bonds is 6. The van der Waals surface area contributed by atoms with E-state index < -0.39 is 5.41 Å². The lowest BCUT2D eigenvalue weighted by Gasteiger charge is -2.34. The van der Waals surface area contributed by atoms with Crippen LogP contribution in [0.4, 0.5) is 0 Å². The zero-order chi connectivity index (χ0) is 48.9. The van der Waals surface area contributed by atoms with Gasteiger partial charge in [0.05, 0.1) is 5.41 Å². The second-order valence-electron chi connectivity index (χ2n) is 22.5. The third kappa shape index (κ3) is 5.84. The van der Waals surface area contributed by atoms with Crippen molar-refractivity contribution in [3.8, 4) is 33.4 Å². The molecule has 0 unspecified atom stereocenters. The van der Waals surface area contributed by atoms with Crippen molar-refractivity contribution >= 4 is 86.2 Å². The average Bonchev–Trinajstić information content (AvgIpc) is 3.71. The summed E-state index contributed by atoms with van der Waals surface area (Å²) in [5, 5.41) is 21.4. The molecule has 14 aromatic carbocycles. The highest BCUT2D eigenvalue weighted by atomic mass is 14.5. The van der Waals surface area contributed by atoms with Gasteiger partial charge in [-0.05, 0) is 183 Å². The summed E-state index contributed by atoms with van der Waals surface area (Å²) in [6.45, 7) is 11.6. The van der Waals surface area contributed by atoms with Crippen molar-refractivity contribution < 1.29 is 0 Å². The predicted octanol–water partition coefficient (Wildman–Crippen LogP) is 20.0. The molecule has 73 heavy (non-hydrogen) atoms. The summed E-state index contributed by atoms with van der Waals surface area (Å²) in [6, 6.07) is 84.3. The van der Waals surface area contributed by atoms with Gasteiger partial charge in [-0.25, -0.2) is 0 Å². The minimum absolute atomic E-state index is 0.0359. The first-order valence-electron chi connectivity index (χ1n) is 26.3. The van der Waals surface area contributed by atoms with Crippen LogP contribution in [0.2, 0.25) is 0 Å². The summed E-state index contributed by atoms with van der Waals surface area (Å²) in [5.74, 6) is 0.590. The molecule has 0 aromatic heterocycles. The smallest absolute Gasteiger partial charge is 0.0625 e. The quantitative estimate of drug-likeness (QED) is 0.115. The van der Waals surface area contributed by atoms with Crippen LogP contribution in [0, 0.1) is 5.92 Å². The lowest BCUT2D eigenvalue weighted by Crippen LogP contribution is -2.28. The number of hydrogen-bond acceptors (Lipinski definition) is 0. The van der Waals surface area contributed by atoms with Crippen molar-refractivity contribution in [2.24, 2.45) is 5.92 Å². The standard InChI is InChI=1S/C73H54/c1-43(2)40-44-30-33-60-57-24-13-21-54-49(34-36-61(69(54)57)56-23-12-20-51(44)68(56)60)45-28-31-52-53-32-29-46(42-67(53)73(66(52)41-45,47-16-8-6-9-17-47)48-18-10-7-11-19-48)50-35-37-62-59-26-15-27-64-65(72(3,4)5)39-38-63(71(59)64)58-25-14-22-55(50)70(58)62/h6-39,41-43H,40H2,1-5H3. The lowest BCUT2D eigenvalue weighted by molar-refractivity contribution is 0.596. The Morgan fingerprint density at radius 2 is 0.699 bits per heavy atom. The molecule has 0 heteroatoms. The highest BCUT2D eigenvalue weighted by Gasteiger charge is 2.46. The molecule has 15 rings (SSSR count). The van der Waals surface area contributed by atoms with Gasteiger partial charge >= 0.3 is 0 Å². The number of benzene rings is 14. The van der Waals surface area contributed by atoms with Gasteiger partial charge in [0.15, 0.2) is 0 Å². The average molecular weight is 931 g/mol. The van der Waals surface area contributed by atoms with Gasteiger partial charge in [0.25, 0.3) is 0 Å². The Balaban J connectivity index is 0.958. The third-order valence-corrected chi connectivity index (χ3v) is 17.0. The van der Waals surface area contributed by atoms with E-state index in [1.165, 1.54) is 153 Å². The fourth-order valence-corrected chi connectivity index (χ4v) is 14.1. The monoisotopic (exact) mass is 930 g/mol. The molecule has 0 spiro atoms. The summed E-state index contributed by atoms with van der Waals surface area (Å²) in [4.78, 5) is 0. The fourth-order valence-electron chi connectivity index (χ4n) is 14.1. The molecule has 0 amide bonds. The van der Waals surface area contributed by atoms with Gasteiger partial charge in [-0.3, -0.25) is 0 Å². The second kappa shape index (κ2) is 15.3. The predicted molar refractivity (Wildman–Crippen MR) is 314 cm³/mol. The maximum absolute atomic E-state index is 2.54. The topological polar surface area (TPSA) is 0 Å². The highest BCUT2D eigenvalue weighted by molar-refractivity contribution is 6.36. The maximum Gasteiger partial charge on any atom is 0.0713 e. The van der Waals surface area contributed by atoms with Gasteiger partial charge in [-0.1, -0.05) is 241 Å². The largest absolute Gasteiger partial charge is 0.0713 e. The first-order chi connectivity index (χ1) is 35.7. The minimum Gasteiger partial charge on any atom is -0.0625 e. The Bertz CT molecular complexity index is 4480. The molecule has 0 radical (unpaired) electrons. The van der Waals surface area contributed by atoms with Crippen LogP contribution < -0.4 is 0 Å². The first-order valence-corrected chi connectivity index (χ1v) is 26.3. The van der Waals surface area contributed by atoms with Crippen LogP contribution in [0.3, 0.4) is 0 Å². The van der Waals surface area contributed by atoms with Crippen LogP contribution in [0.15, 0.2) is 218 Å². The molecular formula is C73H54. The molecule has 0 atom stereocenters. The molecule has 1 aliphatic rings. The Kier molecular flexibility index (Phi) is 8.91. The van der Waals surface area contributed by atoms with E-state index in [2.05, 4.69) is 253 Å². The molecule has 0 aliphatic heterocycles. The van der Waals surface area contributed by atoms with E-state index >= 15 is 0 Å². The highest BCUT2D eigenvalue weighted by Crippen LogP contribution is 2.58. The molecule has 0 N–H and O–H groups in total. The maximum atomic E-state index is 2.54. The van der Waals surface area contributed by atoms with Gasteiger partial charge < -0.3 is 0 Å². The summed E-state index contributed by atoms with van der Waals surface area (Å²) < 4.78 is 0. The Morgan fingerprint density at radius 3 is 1.16 bits per heavy atom. The zero-order valence-corrected chi connectivity index (χ0v) is 42.1. The fraction of sp³-hybridized carbons (Fsp3) is 0.123. The molecule has 1 aliphatic carbocycles. The van der Waals surface area contributed by atoms with Gasteiger partial charge in [0.1, 0.15) is 0 Å². The van der Waals surface area contributed by atoms with E-state index in [-0.39, 0.29) is 5.41 Å². The molecule has 0 heterocycles. The van der Waals surface area contributed by atoms with Crippen LogP contribution in [0.1, 0.15) is 68.0 Å². The van der Waals surface area contributed by atoms with Gasteiger partial charge in [0.2, 0.25) is 0 Å². The van der Waals surface area contributed by atoms with Crippen molar-refractivity contribution in [2.75, 3.05) is 0 Å². The van der Waals surface area contributed by atoms with E-state index in [9.17, 15) is 0 Å². The number of fused-ring (bicyclic) bond motifs is 7. The van der Waals surface area contributed by atoms with Crippen molar-refractivity contribution in [1.29, 1.82) is 0 Å². The second-order valence-corrected chi connectivity index (χ2v) is 22.5. The third-order valence-electron chi connectivity index (χ3n) is 17.0. The number of hydrogen-bond donors (Lipinski definition) is 0. The van der Waals surface area contributed by atoms with Crippen LogP contribution in [0.25, 0.3) is 120 Å². The molecular weight excluding hydrogens is 877 g/mol. The molecule has 346 valence electrons. The Labute approximate surface area is 426 Å². The van der Waals surface area contributed by atoms with Crippen LogP contribution in [-0.4, -0.2) is 0 Å². The Morgan fingerprint density at radius 1 is 0.329 bits per heavy atom. The van der Waals surface area contributed by atoms with Gasteiger partial charge in [-0.15, -0.1) is 0 Å². The summed E-state index contributed by atoms with van der Waals surface area (Å²) in [5.41, 5.74) is 15.0. The normalized spacial score (nSPS) is 13.6. The van der Waals surface area contributed by atoms with E-state index in [4.69, 9.17) is 0 Å². The first kappa shape index (κ1) is 42.4. The lowest BCUT2D eigenvalue weighted by atomic mass is 9.67. The molecule has 0 fully saturated rings. The SMILES string of the molecule is CC(C)Cc1ccc2c3cccc4c(-c5ccc6c(c5)C(c5ccccc5)(c5ccccc5)c5cc(-c7ccc8c9cccc%10c(C(C)(C)C)ccc(c%11cccc7c8%11)c%109)ccc5-6)ccc(c5cccc1c25)c43. The van der Waals surface area contributed by atoms with Crippen LogP contribution in [0.5, 0.6) is 0 Å². The van der Waals surface area contributed by atoms with E-state index in [0.29, 0.717) is 5.92 Å². The van der Waals surface area contributed by atoms with E-state index in [1.54, 1.807) is 0 Å². The van der Waals surface area contributed by atoms with Crippen molar-refractivity contribution in [2.45, 2.75) is 51.9 Å². The van der Waals surface area contributed by atoms with Crippen LogP contribution >= 0.6 is 0 Å². The van der Waals surface area contributed by atoms with Gasteiger partial charge in [0, 0.05) is 0 Å². The van der Waals surface area contributed by atoms with E-state index in [0.717, 1.165) is 6.42 Å². The zero-order valence-electron chi connectivity index (χ0n) is 42.1. The van der Waals surface area contributed by atoms with Crippen LogP contribution in [-0.2, 0) is 17.3 Å². The molecule has 14 aromatic rings. The van der Waals surface area contributed by atoms with Gasteiger partial charge in [-0.2, -0.15) is 0 Å². The minimum atomic E-state index is -0.584. The summed E-state index contributed by atoms with van der Waals surface area (Å²) >= 11 is 0. The molecule has 0 saturated carbocycles. The molecule has 0 saturated heterocycles. The van der Waals surface area contributed by atoms with Crippen molar-refractivity contribution in [3.63, 3.8) is 0 Å².